The molecule has 0 unspecified atom stereocenters. The van der Waals surface area contributed by atoms with E-state index >= 15 is 0 Å². The van der Waals surface area contributed by atoms with Crippen LogP contribution in [0.25, 0.3) is 0 Å². The van der Waals surface area contributed by atoms with Crippen molar-refractivity contribution in [2.45, 2.75) is 18.9 Å². The van der Waals surface area contributed by atoms with E-state index in [1.54, 1.807) is 0 Å². The van der Waals surface area contributed by atoms with Crippen molar-refractivity contribution < 1.29 is 9.72 Å². The number of nitrogens with one attached hydrogen (secondary N) is 1. The number of nitro benzene ring substituents is 1. The van der Waals surface area contributed by atoms with E-state index in [1.165, 1.54) is 18.2 Å². The van der Waals surface area contributed by atoms with Crippen molar-refractivity contribution in [3.8, 4) is 0 Å². The van der Waals surface area contributed by atoms with Gasteiger partial charge in [-0.2, -0.15) is 0 Å². The summed E-state index contributed by atoms with van der Waals surface area (Å²) in [6.07, 6.45) is 1.96. The monoisotopic (exact) mass is 240 g/mol. The van der Waals surface area contributed by atoms with Gasteiger partial charge in [0.2, 0.25) is 0 Å². The average Bonchev–Trinajstić information content (AvgIpc) is 3.01. The molecule has 0 radical (unpaired) electrons. The number of non-ortho nitro benzene ring substituents is 1. The zero-order valence-corrected chi connectivity index (χ0v) is 9.03. The van der Waals surface area contributed by atoms with Crippen molar-refractivity contribution in [1.82, 2.24) is 5.32 Å². The summed E-state index contributed by atoms with van der Waals surface area (Å²) in [5, 5.41) is 13.3. The van der Waals surface area contributed by atoms with Gasteiger partial charge in [-0.1, -0.05) is 11.6 Å². The van der Waals surface area contributed by atoms with Gasteiger partial charge in [0.1, 0.15) is 0 Å². The Bertz CT molecular complexity index is 457. The SMILES string of the molecule is O=C(NC1CC1)c1ccc([N+](=O)[O-])cc1Cl. The van der Waals surface area contributed by atoms with Gasteiger partial charge < -0.3 is 5.32 Å². The number of halogens is 1. The molecule has 0 bridgehead atoms. The molecule has 0 aliphatic heterocycles. The molecule has 1 saturated carbocycles. The molecule has 1 fully saturated rings. The quantitative estimate of drug-likeness (QED) is 0.650. The predicted octanol–water partition coefficient (Wildman–Crippen LogP) is 2.14. The summed E-state index contributed by atoms with van der Waals surface area (Å²) in [6.45, 7) is 0. The van der Waals surface area contributed by atoms with E-state index in [1.807, 2.05) is 0 Å². The van der Waals surface area contributed by atoms with Gasteiger partial charge in [-0.25, -0.2) is 0 Å². The number of nitrogens with zero attached hydrogens (tertiary/aromatic N) is 1. The predicted molar refractivity (Wildman–Crippen MR) is 58.6 cm³/mol. The highest BCUT2D eigenvalue weighted by Gasteiger charge is 2.25. The number of carbonyl (C=O) groups is 1. The molecule has 0 atom stereocenters. The topological polar surface area (TPSA) is 72.2 Å². The van der Waals surface area contributed by atoms with Crippen molar-refractivity contribution in [1.29, 1.82) is 0 Å². The molecule has 6 heteroatoms. The third-order valence-corrected chi connectivity index (χ3v) is 2.63. The summed E-state index contributed by atoms with van der Waals surface area (Å²) >= 11 is 5.81. The molecule has 1 N–H and O–H groups in total. The summed E-state index contributed by atoms with van der Waals surface area (Å²) in [6, 6.07) is 4.06. The van der Waals surface area contributed by atoms with E-state index in [4.69, 9.17) is 11.6 Å². The molecule has 16 heavy (non-hydrogen) atoms. The molecule has 84 valence electrons. The van der Waals surface area contributed by atoms with Crippen LogP contribution in [0.1, 0.15) is 23.2 Å². The number of hydrogen-bond donors (Lipinski definition) is 1. The van der Waals surface area contributed by atoms with E-state index in [2.05, 4.69) is 5.32 Å². The van der Waals surface area contributed by atoms with Crippen molar-refractivity contribution in [3.05, 3.63) is 38.9 Å². The third-order valence-electron chi connectivity index (χ3n) is 2.32. The minimum absolute atomic E-state index is 0.104. The molecule has 1 aromatic rings. The summed E-state index contributed by atoms with van der Waals surface area (Å²) in [4.78, 5) is 21.6. The largest absolute Gasteiger partial charge is 0.349 e. The maximum absolute atomic E-state index is 11.6. The Balaban J connectivity index is 2.20. The summed E-state index contributed by atoms with van der Waals surface area (Å²) in [5.41, 5.74) is 0.159. The van der Waals surface area contributed by atoms with Crippen LogP contribution >= 0.6 is 11.6 Å². The molecule has 0 aromatic heterocycles. The lowest BCUT2D eigenvalue weighted by Crippen LogP contribution is -2.25. The highest BCUT2D eigenvalue weighted by atomic mass is 35.5. The molecule has 0 heterocycles. The molecule has 5 nitrogen and oxygen atoms in total. The minimum Gasteiger partial charge on any atom is -0.349 e. The van der Waals surface area contributed by atoms with Crippen LogP contribution in [-0.2, 0) is 0 Å². The van der Waals surface area contributed by atoms with Crippen LogP contribution in [0.3, 0.4) is 0 Å². The number of benzene rings is 1. The molecule has 2 rings (SSSR count). The Hall–Kier alpha value is -1.62. The zero-order chi connectivity index (χ0) is 11.7. The second-order valence-electron chi connectivity index (χ2n) is 3.67. The second kappa shape index (κ2) is 4.09. The first-order chi connectivity index (χ1) is 7.58. The fraction of sp³-hybridized carbons (Fsp3) is 0.300. The molecule has 1 aliphatic carbocycles. The van der Waals surface area contributed by atoms with Gasteiger partial charge in [0.25, 0.3) is 11.6 Å². The van der Waals surface area contributed by atoms with Gasteiger partial charge in [-0.15, -0.1) is 0 Å². The fourth-order valence-electron chi connectivity index (χ4n) is 1.29. The number of nitro groups is 1. The first-order valence-corrected chi connectivity index (χ1v) is 5.20. The highest BCUT2D eigenvalue weighted by molar-refractivity contribution is 6.34. The van der Waals surface area contributed by atoms with Gasteiger partial charge >= 0.3 is 0 Å². The lowest BCUT2D eigenvalue weighted by atomic mass is 10.2. The second-order valence-corrected chi connectivity index (χ2v) is 4.08. The number of hydrogen-bond acceptors (Lipinski definition) is 3. The summed E-state index contributed by atoms with van der Waals surface area (Å²) in [5.74, 6) is -0.276. The Labute approximate surface area is 96.6 Å². The lowest BCUT2D eigenvalue weighted by molar-refractivity contribution is -0.384. The number of rotatable bonds is 3. The standard InChI is InChI=1S/C10H9ClN2O3/c11-9-5-7(13(15)16)3-4-8(9)10(14)12-6-1-2-6/h3-6H,1-2H2,(H,12,14). The normalized spacial score (nSPS) is 14.6. The van der Waals surface area contributed by atoms with Crippen LogP contribution in [0.4, 0.5) is 5.69 Å². The average molecular weight is 241 g/mol. The van der Waals surface area contributed by atoms with E-state index in [9.17, 15) is 14.9 Å². The maximum atomic E-state index is 11.6. The molecule has 0 saturated heterocycles. The van der Waals surface area contributed by atoms with E-state index in [0.29, 0.717) is 0 Å². The third kappa shape index (κ3) is 2.30. The summed E-state index contributed by atoms with van der Waals surface area (Å²) < 4.78 is 0. The fourth-order valence-corrected chi connectivity index (χ4v) is 1.55. The highest BCUT2D eigenvalue weighted by Crippen LogP contribution is 2.24. The van der Waals surface area contributed by atoms with Crippen molar-refractivity contribution in [2.24, 2.45) is 0 Å². The minimum atomic E-state index is -0.547. The lowest BCUT2D eigenvalue weighted by Gasteiger charge is -2.04. The smallest absolute Gasteiger partial charge is 0.270 e. The van der Waals surface area contributed by atoms with Crippen molar-refractivity contribution >= 4 is 23.2 Å². The number of amides is 1. The van der Waals surface area contributed by atoms with Gasteiger partial charge in [-0.05, 0) is 18.9 Å². The number of carbonyl (C=O) groups excluding carboxylic acids is 1. The van der Waals surface area contributed by atoms with Crippen LogP contribution in [0.2, 0.25) is 5.02 Å². The van der Waals surface area contributed by atoms with Crippen LogP contribution in [0.15, 0.2) is 18.2 Å². The van der Waals surface area contributed by atoms with Gasteiger partial charge in [0.15, 0.2) is 0 Å². The van der Waals surface area contributed by atoms with Crippen LogP contribution in [-0.4, -0.2) is 16.9 Å². The van der Waals surface area contributed by atoms with Gasteiger partial charge in [0.05, 0.1) is 15.5 Å². The molecule has 1 aliphatic rings. The van der Waals surface area contributed by atoms with E-state index < -0.39 is 4.92 Å². The Morgan fingerprint density at radius 2 is 2.19 bits per heavy atom. The van der Waals surface area contributed by atoms with Crippen LogP contribution in [0, 0.1) is 10.1 Å². The van der Waals surface area contributed by atoms with Gasteiger partial charge in [-0.3, -0.25) is 14.9 Å². The first-order valence-electron chi connectivity index (χ1n) is 4.83. The van der Waals surface area contributed by atoms with Crippen LogP contribution in [0.5, 0.6) is 0 Å². The van der Waals surface area contributed by atoms with Gasteiger partial charge in [0, 0.05) is 18.2 Å². The maximum Gasteiger partial charge on any atom is 0.270 e. The Morgan fingerprint density at radius 3 is 2.69 bits per heavy atom. The molecular weight excluding hydrogens is 232 g/mol. The van der Waals surface area contributed by atoms with Crippen molar-refractivity contribution in [2.75, 3.05) is 0 Å². The Kier molecular flexibility index (Phi) is 2.78. The zero-order valence-electron chi connectivity index (χ0n) is 8.27. The molecule has 1 aromatic carbocycles. The molecule has 0 spiro atoms. The first kappa shape index (κ1) is 10.9. The summed E-state index contributed by atoms with van der Waals surface area (Å²) in [7, 11) is 0. The molecular formula is C10H9ClN2O3. The van der Waals surface area contributed by atoms with E-state index in [-0.39, 0.29) is 28.2 Å². The van der Waals surface area contributed by atoms with Crippen LogP contribution < -0.4 is 5.32 Å². The van der Waals surface area contributed by atoms with Crippen molar-refractivity contribution in [3.63, 3.8) is 0 Å². The molecule has 1 amide bonds. The van der Waals surface area contributed by atoms with E-state index in [0.717, 1.165) is 12.8 Å². The Morgan fingerprint density at radius 1 is 1.50 bits per heavy atom.